The molecule has 7 heteroatoms. The number of fused-ring (bicyclic) bond motifs is 1. The maximum Gasteiger partial charge on any atom is 0.280 e. The molecule has 1 heterocycles. The van der Waals surface area contributed by atoms with Crippen LogP contribution in [0.4, 0.5) is 0 Å². The van der Waals surface area contributed by atoms with Crippen LogP contribution < -0.4 is 20.5 Å². The second kappa shape index (κ2) is 6.14. The Morgan fingerprint density at radius 3 is 2.42 bits per heavy atom. The van der Waals surface area contributed by atoms with Crippen LogP contribution in [0.25, 0.3) is 10.9 Å². The number of ether oxygens (including phenoxy) is 2. The van der Waals surface area contributed by atoms with Gasteiger partial charge in [-0.25, -0.2) is 9.66 Å². The predicted octanol–water partition coefficient (Wildman–Crippen LogP) is 2.02. The fraction of sp³-hybridized carbons (Fsp3) is 0.471. The largest absolute Gasteiger partial charge is 0.493 e. The van der Waals surface area contributed by atoms with Gasteiger partial charge in [-0.2, -0.15) is 0 Å². The fourth-order valence-electron chi connectivity index (χ4n) is 2.49. The third kappa shape index (κ3) is 2.81. The van der Waals surface area contributed by atoms with Gasteiger partial charge >= 0.3 is 0 Å². The van der Waals surface area contributed by atoms with Gasteiger partial charge in [-0.3, -0.25) is 15.0 Å². The minimum Gasteiger partial charge on any atom is -0.493 e. The number of hydrogen-bond acceptors (Lipinski definition) is 5. The van der Waals surface area contributed by atoms with E-state index in [1.165, 1.54) is 18.9 Å². The molecule has 1 amide bonds. The van der Waals surface area contributed by atoms with E-state index < -0.39 is 0 Å². The van der Waals surface area contributed by atoms with Gasteiger partial charge < -0.3 is 9.47 Å². The molecule has 128 valence electrons. The lowest BCUT2D eigenvalue weighted by Crippen LogP contribution is -2.38. The summed E-state index contributed by atoms with van der Waals surface area (Å²) < 4.78 is 11.8. The Morgan fingerprint density at radius 2 is 1.88 bits per heavy atom. The predicted molar refractivity (Wildman–Crippen MR) is 90.3 cm³/mol. The molecule has 0 radical (unpaired) electrons. The Hall–Kier alpha value is -2.57. The Balaban J connectivity index is 2.22. The minimum atomic E-state index is -0.308. The van der Waals surface area contributed by atoms with Gasteiger partial charge in [0, 0.05) is 17.9 Å². The first-order chi connectivity index (χ1) is 11.5. The van der Waals surface area contributed by atoms with Crippen LogP contribution in [-0.4, -0.2) is 29.8 Å². The van der Waals surface area contributed by atoms with E-state index in [1.54, 1.807) is 26.0 Å². The smallest absolute Gasteiger partial charge is 0.280 e. The monoisotopic (exact) mass is 331 g/mol. The molecule has 1 aliphatic rings. The lowest BCUT2D eigenvalue weighted by atomic mass is 10.2. The van der Waals surface area contributed by atoms with Crippen LogP contribution in [-0.2, 0) is 4.79 Å². The number of rotatable bonds is 5. The van der Waals surface area contributed by atoms with Gasteiger partial charge in [0.15, 0.2) is 11.5 Å². The summed E-state index contributed by atoms with van der Waals surface area (Å²) in [6.45, 7) is 3.55. The average Bonchev–Trinajstić information content (AvgIpc) is 3.40. The van der Waals surface area contributed by atoms with E-state index in [2.05, 4.69) is 10.4 Å². The normalized spacial score (nSPS) is 14.0. The lowest BCUT2D eigenvalue weighted by molar-refractivity contribution is -0.119. The first-order valence-corrected chi connectivity index (χ1v) is 7.95. The minimum absolute atomic E-state index is 0.197. The first kappa shape index (κ1) is 16.3. The van der Waals surface area contributed by atoms with Gasteiger partial charge in [0.25, 0.3) is 5.56 Å². The number of aromatic nitrogens is 2. The second-order valence-electron chi connectivity index (χ2n) is 6.24. The highest BCUT2D eigenvalue weighted by Crippen LogP contribution is 2.39. The molecule has 0 unspecified atom stereocenters. The number of hydrogen-bond donors (Lipinski definition) is 1. The highest BCUT2D eigenvalue weighted by atomic mass is 16.5. The van der Waals surface area contributed by atoms with Crippen LogP contribution in [0, 0.1) is 5.92 Å². The van der Waals surface area contributed by atoms with Crippen molar-refractivity contribution in [2.45, 2.75) is 32.6 Å². The van der Waals surface area contributed by atoms with Crippen molar-refractivity contribution in [3.05, 3.63) is 28.3 Å². The summed E-state index contributed by atoms with van der Waals surface area (Å²) in [4.78, 5) is 29.6. The zero-order valence-corrected chi connectivity index (χ0v) is 14.3. The molecule has 3 rings (SSSR count). The highest BCUT2D eigenvalue weighted by molar-refractivity contribution is 5.86. The van der Waals surface area contributed by atoms with Crippen LogP contribution in [0.15, 0.2) is 16.9 Å². The van der Waals surface area contributed by atoms with E-state index in [-0.39, 0.29) is 23.3 Å². The van der Waals surface area contributed by atoms with E-state index in [4.69, 9.17) is 9.47 Å². The molecule has 0 bridgehead atoms. The van der Waals surface area contributed by atoms with Gasteiger partial charge in [0.2, 0.25) is 5.91 Å². The van der Waals surface area contributed by atoms with Crippen LogP contribution in [0.3, 0.4) is 0 Å². The molecule has 1 N–H and O–H groups in total. The zero-order chi connectivity index (χ0) is 17.4. The van der Waals surface area contributed by atoms with Gasteiger partial charge in [-0.05, 0) is 18.9 Å². The highest BCUT2D eigenvalue weighted by Gasteiger charge is 2.30. The Labute approximate surface area is 139 Å². The quantitative estimate of drug-likeness (QED) is 0.906. The second-order valence-corrected chi connectivity index (χ2v) is 6.24. The molecule has 1 fully saturated rings. The van der Waals surface area contributed by atoms with Gasteiger partial charge in [-0.15, -0.1) is 0 Å². The van der Waals surface area contributed by atoms with Crippen LogP contribution >= 0.6 is 0 Å². The number of nitrogens with one attached hydrogen (secondary N) is 1. The number of methoxy groups -OCH3 is 2. The zero-order valence-electron chi connectivity index (χ0n) is 14.3. The van der Waals surface area contributed by atoms with Crippen molar-refractivity contribution in [3.8, 4) is 11.5 Å². The standard InChI is InChI=1S/C17H21N3O4/c1-9(2)16(21)19-20-15(10-5-6-10)18-12-8-14(24-4)13(23-3)7-11(12)17(20)22/h7-10H,5-6H2,1-4H3,(H,19,21). The first-order valence-electron chi connectivity index (χ1n) is 7.95. The fourth-order valence-corrected chi connectivity index (χ4v) is 2.49. The molecular weight excluding hydrogens is 310 g/mol. The third-order valence-electron chi connectivity index (χ3n) is 4.09. The Morgan fingerprint density at radius 1 is 1.25 bits per heavy atom. The number of carbonyl (C=O) groups excluding carboxylic acids is 1. The molecule has 0 aliphatic heterocycles. The molecule has 1 aliphatic carbocycles. The van der Waals surface area contributed by atoms with E-state index >= 15 is 0 Å². The van der Waals surface area contributed by atoms with Gasteiger partial charge in [-0.1, -0.05) is 13.8 Å². The Bertz CT molecular complexity index is 853. The molecule has 24 heavy (non-hydrogen) atoms. The van der Waals surface area contributed by atoms with Crippen molar-refractivity contribution in [3.63, 3.8) is 0 Å². The summed E-state index contributed by atoms with van der Waals surface area (Å²) in [5, 5.41) is 0.376. The number of nitrogens with zero attached hydrogens (tertiary/aromatic N) is 2. The van der Waals surface area contributed by atoms with Crippen LogP contribution in [0.1, 0.15) is 38.4 Å². The summed E-state index contributed by atoms with van der Waals surface area (Å²) in [6.07, 6.45) is 1.92. The maximum absolute atomic E-state index is 12.9. The topological polar surface area (TPSA) is 82.5 Å². The summed E-state index contributed by atoms with van der Waals surface area (Å²) in [7, 11) is 3.05. The SMILES string of the molecule is COc1cc2nc(C3CC3)n(NC(=O)C(C)C)c(=O)c2cc1OC. The number of benzene rings is 1. The van der Waals surface area contributed by atoms with Gasteiger partial charge in [0.05, 0.1) is 25.1 Å². The van der Waals surface area contributed by atoms with Crippen molar-refractivity contribution in [1.29, 1.82) is 0 Å². The van der Waals surface area contributed by atoms with E-state index in [9.17, 15) is 9.59 Å². The molecule has 0 spiro atoms. The van der Waals surface area contributed by atoms with E-state index in [0.717, 1.165) is 12.8 Å². The molecule has 0 atom stereocenters. The molecule has 0 saturated heterocycles. The summed E-state index contributed by atoms with van der Waals surface area (Å²) in [6, 6.07) is 3.29. The summed E-state index contributed by atoms with van der Waals surface area (Å²) >= 11 is 0. The molecule has 1 aromatic carbocycles. The van der Waals surface area contributed by atoms with Crippen molar-refractivity contribution in [2.75, 3.05) is 19.6 Å². The molecular formula is C17H21N3O4. The van der Waals surface area contributed by atoms with E-state index in [0.29, 0.717) is 28.2 Å². The molecule has 2 aromatic rings. The lowest BCUT2D eigenvalue weighted by Gasteiger charge is -2.16. The third-order valence-corrected chi connectivity index (χ3v) is 4.09. The van der Waals surface area contributed by atoms with E-state index in [1.807, 2.05) is 0 Å². The van der Waals surface area contributed by atoms with Gasteiger partial charge in [0.1, 0.15) is 5.82 Å². The number of carbonyl (C=O) groups is 1. The molecule has 7 nitrogen and oxygen atoms in total. The molecule has 1 saturated carbocycles. The van der Waals surface area contributed by atoms with Crippen LogP contribution in [0.5, 0.6) is 11.5 Å². The van der Waals surface area contributed by atoms with Crippen molar-refractivity contribution in [2.24, 2.45) is 5.92 Å². The van der Waals surface area contributed by atoms with Crippen LogP contribution in [0.2, 0.25) is 0 Å². The Kier molecular flexibility index (Phi) is 4.17. The van der Waals surface area contributed by atoms with Crippen molar-refractivity contribution >= 4 is 16.8 Å². The molecule has 1 aromatic heterocycles. The average molecular weight is 331 g/mol. The summed E-state index contributed by atoms with van der Waals surface area (Å²) in [5.41, 5.74) is 2.92. The number of amides is 1. The maximum atomic E-state index is 12.9. The summed E-state index contributed by atoms with van der Waals surface area (Å²) in [5.74, 6) is 1.30. The van der Waals surface area contributed by atoms with Crippen molar-refractivity contribution in [1.82, 2.24) is 9.66 Å². The van der Waals surface area contributed by atoms with Crippen molar-refractivity contribution < 1.29 is 14.3 Å².